The zero-order valence-corrected chi connectivity index (χ0v) is 8.00. The number of hydrogen-bond donors (Lipinski definition) is 2. The zero-order chi connectivity index (χ0) is 9.84. The van der Waals surface area contributed by atoms with Crippen molar-refractivity contribution >= 4 is 0 Å². The van der Waals surface area contributed by atoms with Crippen LogP contribution < -0.4 is 10.5 Å². The van der Waals surface area contributed by atoms with Crippen LogP contribution in [0.4, 0.5) is 0 Å². The second kappa shape index (κ2) is 4.14. The van der Waals surface area contributed by atoms with Gasteiger partial charge in [0, 0.05) is 5.56 Å². The summed E-state index contributed by atoms with van der Waals surface area (Å²) in [6.45, 7) is 2.54. The molecule has 0 spiro atoms. The number of hydrogen-bond acceptors (Lipinski definition) is 3. The van der Waals surface area contributed by atoms with E-state index < -0.39 is 0 Å². The Balaban J connectivity index is 3.18. The smallest absolute Gasteiger partial charge is 0.163 e. The van der Waals surface area contributed by atoms with Crippen LogP contribution in [0.5, 0.6) is 11.5 Å². The third kappa shape index (κ3) is 1.92. The van der Waals surface area contributed by atoms with Crippen LogP contribution in [0.25, 0.3) is 0 Å². The molecule has 0 atom stereocenters. The van der Waals surface area contributed by atoms with Crippen molar-refractivity contribution in [3.05, 3.63) is 23.3 Å². The highest BCUT2D eigenvalue weighted by atomic mass is 16.5. The van der Waals surface area contributed by atoms with E-state index in [0.29, 0.717) is 12.3 Å². The van der Waals surface area contributed by atoms with Crippen molar-refractivity contribution in [3.8, 4) is 11.5 Å². The largest absolute Gasteiger partial charge is 0.504 e. The highest BCUT2D eigenvalue weighted by molar-refractivity contribution is 5.49. The summed E-state index contributed by atoms with van der Waals surface area (Å²) >= 11 is 0. The summed E-state index contributed by atoms with van der Waals surface area (Å²) < 4.78 is 5.10. The number of phenolic OH excluding ortho intramolecular Hbond substituents is 1. The molecule has 0 saturated heterocycles. The Labute approximate surface area is 78.1 Å². The van der Waals surface area contributed by atoms with E-state index in [1.54, 1.807) is 13.2 Å². The first-order chi connectivity index (χ1) is 6.20. The molecule has 0 amide bonds. The maximum atomic E-state index is 9.48. The molecule has 3 N–H and O–H groups in total. The molecule has 0 unspecified atom stereocenters. The van der Waals surface area contributed by atoms with Crippen LogP contribution in [0.3, 0.4) is 0 Å². The first-order valence-electron chi connectivity index (χ1n) is 4.26. The van der Waals surface area contributed by atoms with Gasteiger partial charge in [-0.1, -0.05) is 6.07 Å². The van der Waals surface area contributed by atoms with Crippen molar-refractivity contribution in [1.82, 2.24) is 0 Å². The number of nitrogens with two attached hydrogens (primary N) is 1. The average Bonchev–Trinajstić information content (AvgIpc) is 2.12. The Hall–Kier alpha value is -1.22. The summed E-state index contributed by atoms with van der Waals surface area (Å²) in [5.41, 5.74) is 7.55. The number of methoxy groups -OCH3 is 1. The molecule has 0 aliphatic rings. The van der Waals surface area contributed by atoms with E-state index in [4.69, 9.17) is 10.5 Å². The maximum Gasteiger partial charge on any atom is 0.163 e. The van der Waals surface area contributed by atoms with Gasteiger partial charge in [0.15, 0.2) is 11.5 Å². The minimum atomic E-state index is 0.177. The fourth-order valence-corrected chi connectivity index (χ4v) is 1.40. The molecule has 3 heteroatoms. The van der Waals surface area contributed by atoms with Crippen molar-refractivity contribution in [2.75, 3.05) is 13.7 Å². The monoisotopic (exact) mass is 181 g/mol. The van der Waals surface area contributed by atoms with E-state index in [2.05, 4.69) is 0 Å². The maximum absolute atomic E-state index is 9.48. The third-order valence-electron chi connectivity index (χ3n) is 2.07. The summed E-state index contributed by atoms with van der Waals surface area (Å²) in [4.78, 5) is 0. The van der Waals surface area contributed by atoms with Gasteiger partial charge in [0.05, 0.1) is 7.11 Å². The van der Waals surface area contributed by atoms with Gasteiger partial charge in [-0.2, -0.15) is 0 Å². The normalized spacial score (nSPS) is 10.1. The van der Waals surface area contributed by atoms with Crippen LogP contribution in [0, 0.1) is 6.92 Å². The summed E-state index contributed by atoms with van der Waals surface area (Å²) in [7, 11) is 1.55. The molecule has 0 aromatic heterocycles. The topological polar surface area (TPSA) is 55.5 Å². The molecule has 0 heterocycles. The van der Waals surface area contributed by atoms with Crippen molar-refractivity contribution in [1.29, 1.82) is 0 Å². The lowest BCUT2D eigenvalue weighted by Gasteiger charge is -2.11. The summed E-state index contributed by atoms with van der Waals surface area (Å²) in [5.74, 6) is 0.724. The van der Waals surface area contributed by atoms with Gasteiger partial charge in [0.25, 0.3) is 0 Å². The van der Waals surface area contributed by atoms with Crippen LogP contribution >= 0.6 is 0 Å². The molecule has 72 valence electrons. The number of aromatic hydroxyl groups is 1. The highest BCUT2D eigenvalue weighted by Gasteiger charge is 2.09. The molecule has 0 aliphatic heterocycles. The van der Waals surface area contributed by atoms with Gasteiger partial charge >= 0.3 is 0 Å². The van der Waals surface area contributed by atoms with Gasteiger partial charge in [-0.15, -0.1) is 0 Å². The molecule has 0 saturated carbocycles. The zero-order valence-electron chi connectivity index (χ0n) is 8.00. The quantitative estimate of drug-likeness (QED) is 0.737. The standard InChI is InChI=1S/C10H15NO2/c1-7-3-4-9(12)10(13-2)8(7)5-6-11/h3-4,12H,5-6,11H2,1-2H3. The van der Waals surface area contributed by atoms with Crippen LogP contribution in [0.15, 0.2) is 12.1 Å². The van der Waals surface area contributed by atoms with Crippen LogP contribution in [0.1, 0.15) is 11.1 Å². The van der Waals surface area contributed by atoms with E-state index in [1.165, 1.54) is 0 Å². The molecule has 0 fully saturated rings. The average molecular weight is 181 g/mol. The second-order valence-corrected chi connectivity index (χ2v) is 2.95. The van der Waals surface area contributed by atoms with Gasteiger partial charge in [-0.3, -0.25) is 0 Å². The SMILES string of the molecule is COc1c(O)ccc(C)c1CCN. The van der Waals surface area contributed by atoms with Crippen molar-refractivity contribution in [2.24, 2.45) is 5.73 Å². The van der Waals surface area contributed by atoms with Crippen molar-refractivity contribution < 1.29 is 9.84 Å². The second-order valence-electron chi connectivity index (χ2n) is 2.95. The van der Waals surface area contributed by atoms with Gasteiger partial charge in [0.1, 0.15) is 0 Å². The number of rotatable bonds is 3. The van der Waals surface area contributed by atoms with Crippen LogP contribution in [0.2, 0.25) is 0 Å². The summed E-state index contributed by atoms with van der Waals surface area (Å²) in [6.07, 6.45) is 0.726. The number of phenols is 1. The van der Waals surface area contributed by atoms with E-state index in [1.807, 2.05) is 13.0 Å². The van der Waals surface area contributed by atoms with Gasteiger partial charge in [-0.05, 0) is 31.5 Å². The van der Waals surface area contributed by atoms with Gasteiger partial charge < -0.3 is 15.6 Å². The van der Waals surface area contributed by atoms with E-state index in [0.717, 1.165) is 17.5 Å². The first kappa shape index (κ1) is 9.86. The number of benzene rings is 1. The van der Waals surface area contributed by atoms with Crippen molar-refractivity contribution in [2.45, 2.75) is 13.3 Å². The van der Waals surface area contributed by atoms with E-state index in [-0.39, 0.29) is 5.75 Å². The Bertz CT molecular complexity index is 297. The lowest BCUT2D eigenvalue weighted by Crippen LogP contribution is -2.05. The predicted molar refractivity (Wildman–Crippen MR) is 52.2 cm³/mol. The summed E-state index contributed by atoms with van der Waals surface area (Å²) in [6, 6.07) is 3.50. The molecular weight excluding hydrogens is 166 g/mol. The highest BCUT2D eigenvalue weighted by Crippen LogP contribution is 2.32. The third-order valence-corrected chi connectivity index (χ3v) is 2.07. The predicted octanol–water partition coefficient (Wildman–Crippen LogP) is 1.21. The molecule has 1 aromatic rings. The van der Waals surface area contributed by atoms with Crippen LogP contribution in [-0.2, 0) is 6.42 Å². The Morgan fingerprint density at radius 3 is 2.69 bits per heavy atom. The minimum Gasteiger partial charge on any atom is -0.504 e. The van der Waals surface area contributed by atoms with E-state index in [9.17, 15) is 5.11 Å². The molecule has 0 radical (unpaired) electrons. The Morgan fingerprint density at radius 1 is 1.46 bits per heavy atom. The van der Waals surface area contributed by atoms with Gasteiger partial charge in [0.2, 0.25) is 0 Å². The van der Waals surface area contributed by atoms with Crippen LogP contribution in [-0.4, -0.2) is 18.8 Å². The molecule has 0 bridgehead atoms. The van der Waals surface area contributed by atoms with Crippen molar-refractivity contribution in [3.63, 3.8) is 0 Å². The molecular formula is C10H15NO2. The molecule has 1 aromatic carbocycles. The Morgan fingerprint density at radius 2 is 2.15 bits per heavy atom. The Kier molecular flexibility index (Phi) is 3.14. The fraction of sp³-hybridized carbons (Fsp3) is 0.400. The minimum absolute atomic E-state index is 0.177. The number of aryl methyl sites for hydroxylation is 1. The fourth-order valence-electron chi connectivity index (χ4n) is 1.40. The number of ether oxygens (including phenoxy) is 1. The first-order valence-corrected chi connectivity index (χ1v) is 4.26. The summed E-state index contributed by atoms with van der Waals surface area (Å²) in [5, 5.41) is 9.48. The lowest BCUT2D eigenvalue weighted by atomic mass is 10.0. The molecule has 0 aliphatic carbocycles. The van der Waals surface area contributed by atoms with Gasteiger partial charge in [-0.25, -0.2) is 0 Å². The molecule has 13 heavy (non-hydrogen) atoms. The molecule has 3 nitrogen and oxygen atoms in total. The van der Waals surface area contributed by atoms with E-state index >= 15 is 0 Å². The lowest BCUT2D eigenvalue weighted by molar-refractivity contribution is 0.369. The molecule has 1 rings (SSSR count).